The summed E-state index contributed by atoms with van der Waals surface area (Å²) < 4.78 is 4.71. The Morgan fingerprint density at radius 3 is 2.47 bits per heavy atom. The number of hydrogen-bond acceptors (Lipinski definition) is 3. The van der Waals surface area contributed by atoms with Crippen LogP contribution < -0.4 is 5.32 Å². The van der Waals surface area contributed by atoms with Crippen molar-refractivity contribution in [3.63, 3.8) is 0 Å². The van der Waals surface area contributed by atoms with E-state index >= 15 is 0 Å². The van der Waals surface area contributed by atoms with Crippen LogP contribution >= 0.6 is 0 Å². The summed E-state index contributed by atoms with van der Waals surface area (Å²) in [6.07, 6.45) is 2.36. The van der Waals surface area contributed by atoms with Crippen LogP contribution in [0.5, 0.6) is 0 Å². The second-order valence-electron chi connectivity index (χ2n) is 5.57. The van der Waals surface area contributed by atoms with Gasteiger partial charge < -0.3 is 10.1 Å². The first-order valence-electron chi connectivity index (χ1n) is 5.69. The van der Waals surface area contributed by atoms with Crippen molar-refractivity contribution in [2.45, 2.75) is 52.6 Å². The summed E-state index contributed by atoms with van der Waals surface area (Å²) in [7, 11) is 1.43. The normalized spacial score (nSPS) is 31.3. The minimum Gasteiger partial charge on any atom is -0.468 e. The number of carbonyl (C=O) groups excluding carboxylic acids is 1. The lowest BCUT2D eigenvalue weighted by molar-refractivity contribution is -0.142. The molecule has 3 atom stereocenters. The van der Waals surface area contributed by atoms with Crippen LogP contribution in [0.1, 0.15) is 40.5 Å². The van der Waals surface area contributed by atoms with Crippen LogP contribution in [0, 0.1) is 11.3 Å². The van der Waals surface area contributed by atoms with Crippen LogP contribution in [0.4, 0.5) is 0 Å². The molecule has 1 rings (SSSR count). The third-order valence-electron chi connectivity index (χ3n) is 3.35. The lowest BCUT2D eigenvalue weighted by atomic mass is 9.91. The van der Waals surface area contributed by atoms with Gasteiger partial charge in [-0.25, -0.2) is 0 Å². The molecule has 1 N–H and O–H groups in total. The molecule has 0 aromatic carbocycles. The Balaban J connectivity index is 2.49. The number of hydrogen-bond donors (Lipinski definition) is 1. The molecule has 1 fully saturated rings. The molecule has 3 nitrogen and oxygen atoms in total. The van der Waals surface area contributed by atoms with Gasteiger partial charge in [-0.3, -0.25) is 4.79 Å². The molecule has 0 saturated heterocycles. The van der Waals surface area contributed by atoms with Crippen molar-refractivity contribution < 1.29 is 9.53 Å². The summed E-state index contributed by atoms with van der Waals surface area (Å²) in [5.41, 5.74) is 0.396. The van der Waals surface area contributed by atoms with Gasteiger partial charge in [-0.2, -0.15) is 0 Å². The van der Waals surface area contributed by atoms with E-state index in [1.807, 2.05) is 6.92 Å². The van der Waals surface area contributed by atoms with Crippen LogP contribution in [-0.2, 0) is 9.53 Å². The van der Waals surface area contributed by atoms with Crippen LogP contribution in [0.2, 0.25) is 0 Å². The highest BCUT2D eigenvalue weighted by Gasteiger charge is 2.37. The minimum atomic E-state index is -0.198. The fourth-order valence-electron chi connectivity index (χ4n) is 2.68. The van der Waals surface area contributed by atoms with Crippen LogP contribution in [0.3, 0.4) is 0 Å². The zero-order chi connectivity index (χ0) is 11.6. The quantitative estimate of drug-likeness (QED) is 0.728. The van der Waals surface area contributed by atoms with Gasteiger partial charge >= 0.3 is 5.97 Å². The van der Waals surface area contributed by atoms with E-state index in [-0.39, 0.29) is 12.0 Å². The molecule has 0 amide bonds. The molecule has 2 unspecified atom stereocenters. The van der Waals surface area contributed by atoms with E-state index < -0.39 is 0 Å². The first-order valence-corrected chi connectivity index (χ1v) is 5.69. The molecule has 0 aromatic rings. The highest BCUT2D eigenvalue weighted by molar-refractivity contribution is 5.75. The molecule has 0 bridgehead atoms. The van der Waals surface area contributed by atoms with Crippen molar-refractivity contribution in [3.8, 4) is 0 Å². The van der Waals surface area contributed by atoms with Gasteiger partial charge in [0, 0.05) is 6.04 Å². The van der Waals surface area contributed by atoms with Gasteiger partial charge in [-0.1, -0.05) is 20.8 Å². The van der Waals surface area contributed by atoms with Gasteiger partial charge in [-0.15, -0.1) is 0 Å². The van der Waals surface area contributed by atoms with Gasteiger partial charge in [0.15, 0.2) is 0 Å². The van der Waals surface area contributed by atoms with E-state index in [1.54, 1.807) is 0 Å². The van der Waals surface area contributed by atoms with Crippen LogP contribution in [0.25, 0.3) is 0 Å². The van der Waals surface area contributed by atoms with Crippen molar-refractivity contribution >= 4 is 5.97 Å². The Morgan fingerprint density at radius 1 is 1.47 bits per heavy atom. The fraction of sp³-hybridized carbons (Fsp3) is 0.917. The van der Waals surface area contributed by atoms with Gasteiger partial charge in [0.1, 0.15) is 6.04 Å². The van der Waals surface area contributed by atoms with E-state index in [1.165, 1.54) is 13.5 Å². The van der Waals surface area contributed by atoms with Crippen molar-refractivity contribution in [1.29, 1.82) is 0 Å². The standard InChI is InChI=1S/C12H23NO2/c1-8-6-12(3,4)7-10(8)13-9(2)11(14)15-5/h8-10,13H,6-7H2,1-5H3/t8?,9-,10?/m0/s1. The molecule has 0 aliphatic heterocycles. The van der Waals surface area contributed by atoms with E-state index in [0.717, 1.165) is 6.42 Å². The molecule has 0 radical (unpaired) electrons. The number of nitrogens with one attached hydrogen (secondary N) is 1. The largest absolute Gasteiger partial charge is 0.468 e. The average Bonchev–Trinajstić information content (AvgIpc) is 2.38. The number of ether oxygens (including phenoxy) is 1. The van der Waals surface area contributed by atoms with Crippen molar-refractivity contribution in [2.75, 3.05) is 7.11 Å². The summed E-state index contributed by atoms with van der Waals surface area (Å²) in [4.78, 5) is 11.3. The molecule has 1 saturated carbocycles. The van der Waals surface area contributed by atoms with Gasteiger partial charge in [0.05, 0.1) is 7.11 Å². The Kier molecular flexibility index (Phi) is 3.77. The fourth-order valence-corrected chi connectivity index (χ4v) is 2.68. The highest BCUT2D eigenvalue weighted by atomic mass is 16.5. The highest BCUT2D eigenvalue weighted by Crippen LogP contribution is 2.40. The van der Waals surface area contributed by atoms with Gasteiger partial charge in [0.2, 0.25) is 0 Å². The SMILES string of the molecule is COC(=O)[C@H](C)NC1CC(C)(C)CC1C. The van der Waals surface area contributed by atoms with Crippen molar-refractivity contribution in [3.05, 3.63) is 0 Å². The number of esters is 1. The Bertz CT molecular complexity index is 238. The van der Waals surface area contributed by atoms with E-state index in [2.05, 4.69) is 26.1 Å². The Hall–Kier alpha value is -0.570. The molecular formula is C12H23NO2. The molecule has 15 heavy (non-hydrogen) atoms. The molecular weight excluding hydrogens is 190 g/mol. The average molecular weight is 213 g/mol. The number of carbonyl (C=O) groups is 1. The first kappa shape index (κ1) is 12.5. The maximum Gasteiger partial charge on any atom is 0.322 e. The number of rotatable bonds is 3. The topological polar surface area (TPSA) is 38.3 Å². The zero-order valence-electron chi connectivity index (χ0n) is 10.5. The molecule has 3 heteroatoms. The molecule has 88 valence electrons. The Morgan fingerprint density at radius 2 is 2.07 bits per heavy atom. The lowest BCUT2D eigenvalue weighted by Crippen LogP contribution is -2.43. The zero-order valence-corrected chi connectivity index (χ0v) is 10.5. The van der Waals surface area contributed by atoms with E-state index in [9.17, 15) is 4.79 Å². The lowest BCUT2D eigenvalue weighted by Gasteiger charge is -2.21. The smallest absolute Gasteiger partial charge is 0.322 e. The maximum absolute atomic E-state index is 11.3. The molecule has 1 aliphatic rings. The predicted octanol–water partition coefficient (Wildman–Crippen LogP) is 1.96. The van der Waals surface area contributed by atoms with Crippen LogP contribution in [0.15, 0.2) is 0 Å². The molecule has 0 heterocycles. The summed E-state index contributed by atoms with van der Waals surface area (Å²) in [6, 6.07) is 0.241. The van der Waals surface area contributed by atoms with Crippen molar-refractivity contribution in [1.82, 2.24) is 5.32 Å². The maximum atomic E-state index is 11.3. The Labute approximate surface area is 92.6 Å². The third kappa shape index (κ3) is 3.20. The second-order valence-corrected chi connectivity index (χ2v) is 5.57. The first-order chi connectivity index (χ1) is 6.85. The molecule has 0 aromatic heterocycles. The second kappa shape index (κ2) is 4.52. The predicted molar refractivity (Wildman–Crippen MR) is 60.6 cm³/mol. The summed E-state index contributed by atoms with van der Waals surface area (Å²) in [5, 5.41) is 3.36. The number of methoxy groups -OCH3 is 1. The van der Waals surface area contributed by atoms with Crippen molar-refractivity contribution in [2.24, 2.45) is 11.3 Å². The minimum absolute atomic E-state index is 0.174. The van der Waals surface area contributed by atoms with Gasteiger partial charge in [0.25, 0.3) is 0 Å². The molecule has 1 aliphatic carbocycles. The summed E-state index contributed by atoms with van der Waals surface area (Å²) in [6.45, 7) is 8.68. The summed E-state index contributed by atoms with van der Waals surface area (Å²) in [5.74, 6) is 0.457. The van der Waals surface area contributed by atoms with E-state index in [0.29, 0.717) is 17.4 Å². The van der Waals surface area contributed by atoms with E-state index in [4.69, 9.17) is 4.74 Å². The summed E-state index contributed by atoms with van der Waals surface area (Å²) >= 11 is 0. The van der Waals surface area contributed by atoms with Crippen LogP contribution in [-0.4, -0.2) is 25.2 Å². The third-order valence-corrected chi connectivity index (χ3v) is 3.35. The van der Waals surface area contributed by atoms with Gasteiger partial charge in [-0.05, 0) is 31.1 Å². The monoisotopic (exact) mass is 213 g/mol. The molecule has 0 spiro atoms.